The lowest BCUT2D eigenvalue weighted by atomic mass is 10.1. The number of nitrogens with zero attached hydrogens (tertiary/aromatic N) is 4. The van der Waals surface area contributed by atoms with E-state index < -0.39 is 27.9 Å². The van der Waals surface area contributed by atoms with E-state index in [0.717, 1.165) is 21.0 Å². The molecule has 9 nitrogen and oxygen atoms in total. The molecule has 35 heavy (non-hydrogen) atoms. The van der Waals surface area contributed by atoms with Crippen molar-refractivity contribution in [2.75, 3.05) is 0 Å². The Kier molecular flexibility index (Phi) is 6.75. The van der Waals surface area contributed by atoms with Crippen LogP contribution in [0.2, 0.25) is 0 Å². The van der Waals surface area contributed by atoms with Crippen molar-refractivity contribution in [1.82, 2.24) is 19.3 Å². The molecule has 3 aromatic rings. The molecule has 0 unspecified atom stereocenters. The Hall–Kier alpha value is -3.53. The number of hydrogen-bond donors (Lipinski definition) is 0. The highest BCUT2D eigenvalue weighted by molar-refractivity contribution is 7.89. The van der Waals surface area contributed by atoms with E-state index in [1.165, 1.54) is 17.0 Å². The molecule has 0 N–H and O–H groups in total. The Morgan fingerprint density at radius 1 is 1.09 bits per heavy atom. The number of sulfonamides is 1. The van der Waals surface area contributed by atoms with Gasteiger partial charge in [0.15, 0.2) is 0 Å². The molecule has 0 aliphatic carbocycles. The maximum atomic E-state index is 13.6. The van der Waals surface area contributed by atoms with E-state index in [2.05, 4.69) is 10.1 Å². The fourth-order valence-corrected chi connectivity index (χ4v) is 5.60. The topological polar surface area (TPSA) is 114 Å². The molecule has 2 heterocycles. The second kappa shape index (κ2) is 9.61. The molecular weight excluding hydrogens is 468 g/mol. The lowest BCUT2D eigenvalue weighted by molar-refractivity contribution is -0.140. The van der Waals surface area contributed by atoms with Gasteiger partial charge in [0.2, 0.25) is 23.5 Å². The molecule has 1 fully saturated rings. The lowest BCUT2D eigenvalue weighted by Crippen LogP contribution is -2.50. The van der Waals surface area contributed by atoms with Gasteiger partial charge in [-0.25, -0.2) is 12.7 Å². The Bertz CT molecular complexity index is 1330. The van der Waals surface area contributed by atoms with Crippen molar-refractivity contribution >= 4 is 21.8 Å². The predicted octanol–water partition coefficient (Wildman–Crippen LogP) is 3.47. The standard InChI is InChI=1S/C25H28N4O5S/c1-16(2)28(15-22-26-24(27-34-22)19-9-5-17(3)6-10-19)25(31)21-13-14-23(30)29(21)35(32,33)20-11-7-18(4)8-12-20/h5-12,16,21H,13-15H2,1-4H3/t21-/m1/s1. The van der Waals surface area contributed by atoms with Gasteiger partial charge in [-0.05, 0) is 46.2 Å². The molecule has 1 aliphatic rings. The fraction of sp³-hybridized carbons (Fsp3) is 0.360. The predicted molar refractivity (Wildman–Crippen MR) is 128 cm³/mol. The van der Waals surface area contributed by atoms with E-state index in [-0.39, 0.29) is 36.2 Å². The summed E-state index contributed by atoms with van der Waals surface area (Å²) in [6, 6.07) is 12.4. The molecule has 1 atom stereocenters. The Morgan fingerprint density at radius 3 is 2.29 bits per heavy atom. The normalized spacial score (nSPS) is 16.2. The number of carbonyl (C=O) groups is 2. The molecule has 0 spiro atoms. The van der Waals surface area contributed by atoms with E-state index in [1.54, 1.807) is 12.1 Å². The number of aryl methyl sites for hydroxylation is 2. The van der Waals surface area contributed by atoms with Crippen molar-refractivity contribution in [3.05, 3.63) is 65.5 Å². The largest absolute Gasteiger partial charge is 0.337 e. The third-order valence-electron chi connectivity index (χ3n) is 6.01. The first-order valence-electron chi connectivity index (χ1n) is 11.4. The van der Waals surface area contributed by atoms with E-state index in [1.807, 2.05) is 52.0 Å². The second-order valence-corrected chi connectivity index (χ2v) is 10.8. The smallest absolute Gasteiger partial charge is 0.267 e. The summed E-state index contributed by atoms with van der Waals surface area (Å²) in [5.41, 5.74) is 2.77. The van der Waals surface area contributed by atoms with Gasteiger partial charge in [-0.2, -0.15) is 4.98 Å². The first-order valence-corrected chi connectivity index (χ1v) is 12.9. The summed E-state index contributed by atoms with van der Waals surface area (Å²) in [5.74, 6) is -0.445. The number of benzene rings is 2. The summed E-state index contributed by atoms with van der Waals surface area (Å²) in [5, 5.41) is 4.01. The quantitative estimate of drug-likeness (QED) is 0.492. The Morgan fingerprint density at radius 2 is 1.69 bits per heavy atom. The van der Waals surface area contributed by atoms with Crippen LogP contribution in [0.15, 0.2) is 57.9 Å². The maximum absolute atomic E-state index is 13.6. The molecule has 10 heteroatoms. The van der Waals surface area contributed by atoms with Gasteiger partial charge in [-0.15, -0.1) is 0 Å². The summed E-state index contributed by atoms with van der Waals surface area (Å²) in [4.78, 5) is 32.1. The van der Waals surface area contributed by atoms with Crippen molar-refractivity contribution in [1.29, 1.82) is 0 Å². The van der Waals surface area contributed by atoms with Gasteiger partial charge in [0, 0.05) is 18.0 Å². The van der Waals surface area contributed by atoms with Gasteiger partial charge in [-0.3, -0.25) is 9.59 Å². The Balaban J connectivity index is 1.58. The zero-order chi connectivity index (χ0) is 25.3. The van der Waals surface area contributed by atoms with Crippen LogP contribution in [-0.2, 0) is 26.2 Å². The molecular formula is C25H28N4O5S. The molecule has 1 aliphatic heterocycles. The first kappa shape index (κ1) is 24.6. The van der Waals surface area contributed by atoms with E-state index in [0.29, 0.717) is 5.82 Å². The molecule has 0 bridgehead atoms. The van der Waals surface area contributed by atoms with Crippen LogP contribution in [0, 0.1) is 13.8 Å². The van der Waals surface area contributed by atoms with E-state index >= 15 is 0 Å². The van der Waals surface area contributed by atoms with Gasteiger partial charge in [0.25, 0.3) is 10.0 Å². The van der Waals surface area contributed by atoms with Crippen molar-refractivity contribution in [2.45, 2.75) is 64.1 Å². The molecule has 0 saturated carbocycles. The van der Waals surface area contributed by atoms with Gasteiger partial charge < -0.3 is 9.42 Å². The minimum Gasteiger partial charge on any atom is -0.337 e. The molecule has 0 radical (unpaired) electrons. The van der Waals surface area contributed by atoms with Crippen LogP contribution >= 0.6 is 0 Å². The Labute approximate surface area is 204 Å². The SMILES string of the molecule is Cc1ccc(-c2noc(CN(C(=O)[C@H]3CCC(=O)N3S(=O)(=O)c3ccc(C)cc3)C(C)C)n2)cc1. The van der Waals surface area contributed by atoms with Crippen LogP contribution in [0.1, 0.15) is 43.7 Å². The van der Waals surface area contributed by atoms with Crippen LogP contribution in [0.25, 0.3) is 11.4 Å². The number of carbonyl (C=O) groups excluding carboxylic acids is 2. The van der Waals surface area contributed by atoms with Gasteiger partial charge >= 0.3 is 0 Å². The highest BCUT2D eigenvalue weighted by Gasteiger charge is 2.46. The zero-order valence-electron chi connectivity index (χ0n) is 20.1. The van der Waals surface area contributed by atoms with Crippen molar-refractivity contribution in [3.63, 3.8) is 0 Å². The van der Waals surface area contributed by atoms with E-state index in [9.17, 15) is 18.0 Å². The zero-order valence-corrected chi connectivity index (χ0v) is 20.9. The summed E-state index contributed by atoms with van der Waals surface area (Å²) in [6.07, 6.45) is 0.0932. The van der Waals surface area contributed by atoms with Crippen molar-refractivity contribution in [3.8, 4) is 11.4 Å². The average molecular weight is 497 g/mol. The highest BCUT2D eigenvalue weighted by Crippen LogP contribution is 2.29. The summed E-state index contributed by atoms with van der Waals surface area (Å²) in [7, 11) is -4.18. The summed E-state index contributed by atoms with van der Waals surface area (Å²) < 4.78 is 32.7. The van der Waals surface area contributed by atoms with Crippen LogP contribution in [0.3, 0.4) is 0 Å². The monoisotopic (exact) mass is 496 g/mol. The molecule has 184 valence electrons. The molecule has 1 aromatic heterocycles. The summed E-state index contributed by atoms with van der Waals surface area (Å²) >= 11 is 0. The molecule has 2 amide bonds. The summed E-state index contributed by atoms with van der Waals surface area (Å²) in [6.45, 7) is 7.44. The van der Waals surface area contributed by atoms with Gasteiger partial charge in [-0.1, -0.05) is 52.7 Å². The average Bonchev–Trinajstić information content (AvgIpc) is 3.44. The third kappa shape index (κ3) is 4.97. The van der Waals surface area contributed by atoms with Crippen molar-refractivity contribution in [2.24, 2.45) is 0 Å². The minimum atomic E-state index is -4.18. The van der Waals surface area contributed by atoms with Crippen LogP contribution in [0.5, 0.6) is 0 Å². The lowest BCUT2D eigenvalue weighted by Gasteiger charge is -2.31. The number of hydrogen-bond acceptors (Lipinski definition) is 7. The highest BCUT2D eigenvalue weighted by atomic mass is 32.2. The molecule has 4 rings (SSSR count). The third-order valence-corrected chi connectivity index (χ3v) is 7.86. The maximum Gasteiger partial charge on any atom is 0.267 e. The number of rotatable bonds is 7. The minimum absolute atomic E-state index is 0.00152. The van der Waals surface area contributed by atoms with E-state index in [4.69, 9.17) is 4.52 Å². The van der Waals surface area contributed by atoms with Gasteiger partial charge in [0.1, 0.15) is 12.6 Å². The fourth-order valence-electron chi connectivity index (χ4n) is 4.00. The van der Waals surface area contributed by atoms with Crippen LogP contribution in [-0.4, -0.2) is 51.7 Å². The van der Waals surface area contributed by atoms with Crippen molar-refractivity contribution < 1.29 is 22.5 Å². The molecule has 2 aromatic carbocycles. The van der Waals surface area contributed by atoms with Gasteiger partial charge in [0.05, 0.1) is 4.90 Å². The van der Waals surface area contributed by atoms with Crippen LogP contribution in [0.4, 0.5) is 0 Å². The number of aromatic nitrogens is 2. The first-order chi connectivity index (χ1) is 16.6. The second-order valence-electron chi connectivity index (χ2n) is 9.00. The van der Waals surface area contributed by atoms with Crippen LogP contribution < -0.4 is 0 Å². The number of amides is 2. The molecule has 1 saturated heterocycles.